The molecular formula is C21H29N3O4. The summed E-state index contributed by atoms with van der Waals surface area (Å²) in [5, 5.41) is 10.1. The van der Waals surface area contributed by atoms with Gasteiger partial charge < -0.3 is 19.3 Å². The molecule has 0 atom stereocenters. The van der Waals surface area contributed by atoms with Crippen LogP contribution in [0.5, 0.6) is 0 Å². The smallest absolute Gasteiger partial charge is 0.317 e. The number of carboxylic acids is 1. The number of piperidine rings is 1. The van der Waals surface area contributed by atoms with Gasteiger partial charge in [0.05, 0.1) is 6.54 Å². The maximum atomic E-state index is 13.2. The predicted molar refractivity (Wildman–Crippen MR) is 107 cm³/mol. The summed E-state index contributed by atoms with van der Waals surface area (Å²) in [6.45, 7) is 4.57. The Hall–Kier alpha value is -2.38. The Labute approximate surface area is 165 Å². The summed E-state index contributed by atoms with van der Waals surface area (Å²) in [5.74, 6) is -0.463. The summed E-state index contributed by atoms with van der Waals surface area (Å²) in [6.07, 6.45) is 1.55. The van der Waals surface area contributed by atoms with Crippen LogP contribution in [0.3, 0.4) is 0 Å². The van der Waals surface area contributed by atoms with Gasteiger partial charge in [-0.1, -0.05) is 25.1 Å². The third kappa shape index (κ3) is 4.36. The Balaban J connectivity index is 1.76. The molecule has 28 heavy (non-hydrogen) atoms. The molecule has 2 heterocycles. The van der Waals surface area contributed by atoms with Gasteiger partial charge >= 0.3 is 5.97 Å². The van der Waals surface area contributed by atoms with Crippen LogP contribution < -0.4 is 0 Å². The highest BCUT2D eigenvalue weighted by atomic mass is 16.4. The lowest BCUT2D eigenvalue weighted by Crippen LogP contribution is -2.48. The van der Waals surface area contributed by atoms with E-state index in [4.69, 9.17) is 9.52 Å². The molecule has 1 fully saturated rings. The molecule has 1 N–H and O–H groups in total. The molecule has 1 aromatic heterocycles. The van der Waals surface area contributed by atoms with Gasteiger partial charge in [-0.05, 0) is 39.5 Å². The second kappa shape index (κ2) is 8.75. The SMILES string of the molecule is CCN(CC(=O)O)C1CCN(C(=O)c2oc3ccccc3c2CN(C)C)CC1. The highest BCUT2D eigenvalue weighted by Crippen LogP contribution is 2.29. The third-order valence-corrected chi connectivity index (χ3v) is 5.38. The molecule has 3 rings (SSSR count). The number of furan rings is 1. The van der Waals surface area contributed by atoms with Crippen LogP contribution in [0.2, 0.25) is 0 Å². The summed E-state index contributed by atoms with van der Waals surface area (Å²) in [5.41, 5.74) is 1.66. The van der Waals surface area contributed by atoms with E-state index >= 15 is 0 Å². The van der Waals surface area contributed by atoms with Crippen molar-refractivity contribution in [3.05, 3.63) is 35.6 Å². The molecule has 0 radical (unpaired) electrons. The zero-order chi connectivity index (χ0) is 20.3. The number of hydrogen-bond donors (Lipinski definition) is 1. The number of likely N-dealkylation sites (N-methyl/N-ethyl adjacent to an activating group) is 1. The lowest BCUT2D eigenvalue weighted by Gasteiger charge is -2.37. The molecule has 1 saturated heterocycles. The maximum Gasteiger partial charge on any atom is 0.317 e. The first-order valence-electron chi connectivity index (χ1n) is 9.81. The van der Waals surface area contributed by atoms with Crippen LogP contribution in [0.15, 0.2) is 28.7 Å². The van der Waals surface area contributed by atoms with Crippen molar-refractivity contribution in [2.24, 2.45) is 0 Å². The molecule has 1 aromatic carbocycles. The molecule has 152 valence electrons. The van der Waals surface area contributed by atoms with E-state index in [-0.39, 0.29) is 18.5 Å². The van der Waals surface area contributed by atoms with E-state index in [0.717, 1.165) is 29.4 Å². The number of carbonyl (C=O) groups is 2. The summed E-state index contributed by atoms with van der Waals surface area (Å²) in [6, 6.07) is 7.95. The number of aliphatic carboxylic acids is 1. The summed E-state index contributed by atoms with van der Waals surface area (Å²) < 4.78 is 5.96. The van der Waals surface area contributed by atoms with E-state index in [1.807, 2.05) is 60.0 Å². The monoisotopic (exact) mass is 387 g/mol. The molecule has 1 aliphatic rings. The Bertz CT molecular complexity index is 837. The molecule has 0 aliphatic carbocycles. The quantitative estimate of drug-likeness (QED) is 0.787. The van der Waals surface area contributed by atoms with Gasteiger partial charge in [0.1, 0.15) is 5.58 Å². The molecule has 1 amide bonds. The van der Waals surface area contributed by atoms with Gasteiger partial charge in [0.2, 0.25) is 0 Å². The molecule has 1 aliphatic heterocycles. The fraction of sp³-hybridized carbons (Fsp3) is 0.524. The van der Waals surface area contributed by atoms with Crippen molar-refractivity contribution in [1.82, 2.24) is 14.7 Å². The van der Waals surface area contributed by atoms with E-state index < -0.39 is 5.97 Å². The van der Waals surface area contributed by atoms with Crippen LogP contribution in [-0.2, 0) is 11.3 Å². The van der Waals surface area contributed by atoms with Crippen LogP contribution in [0.25, 0.3) is 11.0 Å². The number of rotatable bonds is 7. The van der Waals surface area contributed by atoms with Crippen LogP contribution in [0.1, 0.15) is 35.9 Å². The van der Waals surface area contributed by atoms with Crippen molar-refractivity contribution in [1.29, 1.82) is 0 Å². The lowest BCUT2D eigenvalue weighted by molar-refractivity contribution is -0.139. The number of nitrogens with zero attached hydrogens (tertiary/aromatic N) is 3. The number of likely N-dealkylation sites (tertiary alicyclic amines) is 1. The van der Waals surface area contributed by atoms with Gasteiger partial charge in [0, 0.05) is 36.6 Å². The van der Waals surface area contributed by atoms with Gasteiger partial charge in [0.25, 0.3) is 5.91 Å². The van der Waals surface area contributed by atoms with E-state index in [9.17, 15) is 9.59 Å². The Kier molecular flexibility index (Phi) is 6.36. The lowest BCUT2D eigenvalue weighted by atomic mass is 10.0. The number of hydrogen-bond acceptors (Lipinski definition) is 5. The van der Waals surface area contributed by atoms with Gasteiger partial charge in [-0.25, -0.2) is 0 Å². The Morgan fingerprint density at radius 1 is 1.21 bits per heavy atom. The maximum absolute atomic E-state index is 13.2. The number of para-hydroxylation sites is 1. The third-order valence-electron chi connectivity index (χ3n) is 5.38. The van der Waals surface area contributed by atoms with E-state index in [2.05, 4.69) is 0 Å². The van der Waals surface area contributed by atoms with Crippen molar-refractivity contribution >= 4 is 22.8 Å². The van der Waals surface area contributed by atoms with Gasteiger partial charge in [0.15, 0.2) is 5.76 Å². The molecular weight excluding hydrogens is 358 g/mol. The van der Waals surface area contributed by atoms with E-state index in [0.29, 0.717) is 31.9 Å². The first-order valence-corrected chi connectivity index (χ1v) is 9.81. The standard InChI is InChI=1S/C21H29N3O4/c1-4-23(14-19(25)26)15-9-11-24(12-10-15)21(27)20-17(13-22(2)3)16-7-5-6-8-18(16)28-20/h5-8,15H,4,9-14H2,1-3H3,(H,25,26). The molecule has 0 saturated carbocycles. The van der Waals surface area contributed by atoms with Crippen molar-refractivity contribution in [2.75, 3.05) is 40.3 Å². The minimum Gasteiger partial charge on any atom is -0.480 e. The fourth-order valence-electron chi connectivity index (χ4n) is 4.00. The molecule has 0 bridgehead atoms. The van der Waals surface area contributed by atoms with Crippen LogP contribution >= 0.6 is 0 Å². The Morgan fingerprint density at radius 2 is 1.89 bits per heavy atom. The van der Waals surface area contributed by atoms with Crippen LogP contribution in [0.4, 0.5) is 0 Å². The topological polar surface area (TPSA) is 77.2 Å². The second-order valence-electron chi connectivity index (χ2n) is 7.62. The van der Waals surface area contributed by atoms with E-state index in [1.165, 1.54) is 0 Å². The summed E-state index contributed by atoms with van der Waals surface area (Å²) in [4.78, 5) is 30.1. The van der Waals surface area contributed by atoms with Crippen LogP contribution in [0, 0.1) is 0 Å². The normalized spacial score (nSPS) is 15.7. The largest absolute Gasteiger partial charge is 0.480 e. The van der Waals surface area contributed by atoms with Crippen molar-refractivity contribution < 1.29 is 19.1 Å². The average Bonchev–Trinajstić information content (AvgIpc) is 3.03. The first kappa shape index (κ1) is 20.4. The number of amides is 1. The fourth-order valence-corrected chi connectivity index (χ4v) is 4.00. The molecule has 7 heteroatoms. The molecule has 0 spiro atoms. The number of fused-ring (bicyclic) bond motifs is 1. The summed E-state index contributed by atoms with van der Waals surface area (Å²) >= 11 is 0. The van der Waals surface area contributed by atoms with Crippen molar-refractivity contribution in [3.63, 3.8) is 0 Å². The Morgan fingerprint density at radius 3 is 2.50 bits per heavy atom. The molecule has 2 aromatic rings. The van der Waals surface area contributed by atoms with Crippen molar-refractivity contribution in [3.8, 4) is 0 Å². The number of carboxylic acid groups (broad SMARTS) is 1. The second-order valence-corrected chi connectivity index (χ2v) is 7.62. The highest BCUT2D eigenvalue weighted by Gasteiger charge is 2.31. The van der Waals surface area contributed by atoms with Crippen molar-refractivity contribution in [2.45, 2.75) is 32.4 Å². The molecule has 0 unspecified atom stereocenters. The number of carbonyl (C=O) groups excluding carboxylic acids is 1. The highest BCUT2D eigenvalue weighted by molar-refractivity contribution is 5.99. The van der Waals surface area contributed by atoms with E-state index in [1.54, 1.807) is 0 Å². The first-order chi connectivity index (χ1) is 13.4. The molecule has 7 nitrogen and oxygen atoms in total. The minimum absolute atomic E-state index is 0.0473. The van der Waals surface area contributed by atoms with Crippen LogP contribution in [-0.4, -0.2) is 78.0 Å². The summed E-state index contributed by atoms with van der Waals surface area (Å²) in [7, 11) is 3.95. The average molecular weight is 387 g/mol. The van der Waals surface area contributed by atoms with Gasteiger partial charge in [-0.15, -0.1) is 0 Å². The zero-order valence-corrected chi connectivity index (χ0v) is 16.9. The van der Waals surface area contributed by atoms with Gasteiger partial charge in [-0.2, -0.15) is 0 Å². The minimum atomic E-state index is -0.809. The predicted octanol–water partition coefficient (Wildman–Crippen LogP) is 2.51. The van der Waals surface area contributed by atoms with Gasteiger partial charge in [-0.3, -0.25) is 14.5 Å². The zero-order valence-electron chi connectivity index (χ0n) is 16.9. The number of benzene rings is 1.